The van der Waals surface area contributed by atoms with Crippen LogP contribution in [-0.2, 0) is 26.2 Å². The maximum Gasteiger partial charge on any atom is 0.264 e. The van der Waals surface area contributed by atoms with Gasteiger partial charge in [-0.2, -0.15) is 0 Å². The van der Waals surface area contributed by atoms with Crippen LogP contribution in [0, 0.1) is 0 Å². The average molecular weight is 611 g/mol. The van der Waals surface area contributed by atoms with Crippen LogP contribution in [0.3, 0.4) is 0 Å². The largest absolute Gasteiger partial charge is 0.352 e. The second kappa shape index (κ2) is 13.5. The molecule has 2 atom stereocenters. The van der Waals surface area contributed by atoms with E-state index in [0.717, 1.165) is 9.87 Å². The van der Waals surface area contributed by atoms with Crippen LogP contribution >= 0.6 is 34.8 Å². The monoisotopic (exact) mass is 609 g/mol. The van der Waals surface area contributed by atoms with Crippen molar-refractivity contribution in [2.75, 3.05) is 10.8 Å². The molecule has 0 aliphatic carbocycles. The van der Waals surface area contributed by atoms with Gasteiger partial charge in [0, 0.05) is 17.6 Å². The number of hydrogen-bond acceptors (Lipinski definition) is 4. The van der Waals surface area contributed by atoms with E-state index in [9.17, 15) is 18.0 Å². The third-order valence-corrected chi connectivity index (χ3v) is 9.01. The van der Waals surface area contributed by atoms with Gasteiger partial charge in [0.15, 0.2) is 0 Å². The lowest BCUT2D eigenvalue weighted by Crippen LogP contribution is -2.52. The van der Waals surface area contributed by atoms with E-state index in [2.05, 4.69) is 5.32 Å². The molecule has 3 aromatic carbocycles. The Labute approximate surface area is 244 Å². The van der Waals surface area contributed by atoms with Crippen LogP contribution in [0.2, 0.25) is 15.1 Å². The molecule has 1 N–H and O–H groups in total. The highest BCUT2D eigenvalue weighted by Gasteiger charge is 2.33. The van der Waals surface area contributed by atoms with E-state index in [1.165, 1.54) is 35.2 Å². The summed E-state index contributed by atoms with van der Waals surface area (Å²) < 4.78 is 28.5. The molecule has 3 aromatic rings. The lowest BCUT2D eigenvalue weighted by Gasteiger charge is -2.32. The summed E-state index contributed by atoms with van der Waals surface area (Å²) in [5.74, 6) is -0.930. The first-order valence-electron chi connectivity index (χ1n) is 12.3. The Morgan fingerprint density at radius 3 is 2.13 bits per heavy atom. The number of halogens is 3. The van der Waals surface area contributed by atoms with Crippen molar-refractivity contribution in [3.63, 3.8) is 0 Å². The van der Waals surface area contributed by atoms with E-state index < -0.39 is 28.5 Å². The summed E-state index contributed by atoms with van der Waals surface area (Å²) in [6, 6.07) is 18.0. The standard InChI is InChI=1S/C28H30Cl3N3O4S/c1-4-19(2)32-28(36)20(3)33(17-21-10-12-22(29)13-11-21)27(35)18-34(23-14-15-25(30)26(31)16-23)39(37,38)24-8-6-5-7-9-24/h5-16,19-20H,4,17-18H2,1-3H3,(H,32,36)/t19-,20+/m1/s1. The van der Waals surface area contributed by atoms with Gasteiger partial charge in [-0.05, 0) is 68.3 Å². The van der Waals surface area contributed by atoms with E-state index in [1.54, 1.807) is 49.4 Å². The summed E-state index contributed by atoms with van der Waals surface area (Å²) in [5, 5.41) is 3.80. The molecule has 0 heterocycles. The molecule has 0 saturated carbocycles. The first-order chi connectivity index (χ1) is 18.4. The first kappa shape index (κ1) is 30.8. The number of rotatable bonds is 11. The van der Waals surface area contributed by atoms with Gasteiger partial charge in [0.1, 0.15) is 12.6 Å². The van der Waals surface area contributed by atoms with Gasteiger partial charge in [0.25, 0.3) is 10.0 Å². The number of amides is 2. The maximum atomic E-state index is 13.9. The fourth-order valence-electron chi connectivity index (χ4n) is 3.72. The van der Waals surface area contributed by atoms with Crippen molar-refractivity contribution < 1.29 is 18.0 Å². The lowest BCUT2D eigenvalue weighted by molar-refractivity contribution is -0.139. The minimum Gasteiger partial charge on any atom is -0.352 e. The number of carbonyl (C=O) groups excluding carboxylic acids is 2. The lowest BCUT2D eigenvalue weighted by atomic mass is 10.1. The minimum absolute atomic E-state index is 0.00399. The zero-order valence-corrected chi connectivity index (χ0v) is 24.9. The van der Waals surface area contributed by atoms with E-state index in [-0.39, 0.29) is 39.1 Å². The predicted molar refractivity (Wildman–Crippen MR) is 157 cm³/mol. The molecule has 0 fully saturated rings. The normalized spacial score (nSPS) is 12.9. The molecule has 3 rings (SSSR count). The number of sulfonamides is 1. The first-order valence-corrected chi connectivity index (χ1v) is 14.9. The van der Waals surface area contributed by atoms with Crippen LogP contribution in [0.25, 0.3) is 0 Å². The Bertz CT molecular complexity index is 1400. The Morgan fingerprint density at radius 2 is 1.54 bits per heavy atom. The third kappa shape index (κ3) is 7.88. The Balaban J connectivity index is 2.03. The molecule has 0 saturated heterocycles. The highest BCUT2D eigenvalue weighted by atomic mass is 35.5. The van der Waals surface area contributed by atoms with Crippen LogP contribution < -0.4 is 9.62 Å². The van der Waals surface area contributed by atoms with Crippen molar-refractivity contribution in [2.24, 2.45) is 0 Å². The third-order valence-electron chi connectivity index (χ3n) is 6.24. The molecule has 39 heavy (non-hydrogen) atoms. The summed E-state index contributed by atoms with van der Waals surface area (Å²) in [5.41, 5.74) is 0.882. The van der Waals surface area contributed by atoms with Crippen LogP contribution in [0.4, 0.5) is 5.69 Å². The van der Waals surface area contributed by atoms with Gasteiger partial charge in [-0.15, -0.1) is 0 Å². The number of carbonyl (C=O) groups is 2. The molecule has 0 aromatic heterocycles. The van der Waals surface area contributed by atoms with Crippen molar-refractivity contribution in [3.8, 4) is 0 Å². The molecule has 11 heteroatoms. The van der Waals surface area contributed by atoms with Gasteiger partial charge in [0.05, 0.1) is 20.6 Å². The topological polar surface area (TPSA) is 86.8 Å². The highest BCUT2D eigenvalue weighted by molar-refractivity contribution is 7.92. The SMILES string of the molecule is CC[C@@H](C)NC(=O)[C@H](C)N(Cc1ccc(Cl)cc1)C(=O)CN(c1ccc(Cl)c(Cl)c1)S(=O)(=O)c1ccccc1. The summed E-state index contributed by atoms with van der Waals surface area (Å²) >= 11 is 18.3. The molecular weight excluding hydrogens is 581 g/mol. The average Bonchev–Trinajstić information content (AvgIpc) is 2.92. The molecule has 0 unspecified atom stereocenters. The number of benzene rings is 3. The second-order valence-electron chi connectivity index (χ2n) is 9.07. The predicted octanol–water partition coefficient (Wildman–Crippen LogP) is 6.17. The maximum absolute atomic E-state index is 13.9. The van der Waals surface area contributed by atoms with E-state index in [1.807, 2.05) is 13.8 Å². The van der Waals surface area contributed by atoms with Crippen LogP contribution in [0.15, 0.2) is 77.7 Å². The Hall–Kier alpha value is -2.78. The summed E-state index contributed by atoms with van der Waals surface area (Å²) in [6.45, 7) is 4.90. The van der Waals surface area contributed by atoms with E-state index in [4.69, 9.17) is 34.8 Å². The smallest absolute Gasteiger partial charge is 0.264 e. The molecule has 0 radical (unpaired) electrons. The quantitative estimate of drug-likeness (QED) is 0.281. The molecule has 0 aliphatic heterocycles. The molecule has 7 nitrogen and oxygen atoms in total. The van der Waals surface area contributed by atoms with Crippen LogP contribution in [0.5, 0.6) is 0 Å². The summed E-state index contributed by atoms with van der Waals surface area (Å²) in [6.07, 6.45) is 0.712. The zero-order chi connectivity index (χ0) is 28.7. The van der Waals surface area contributed by atoms with Crippen LogP contribution in [0.1, 0.15) is 32.8 Å². The molecular formula is C28H30Cl3N3O4S. The molecule has 2 amide bonds. The number of nitrogens with one attached hydrogen (secondary N) is 1. The Kier molecular flexibility index (Phi) is 10.7. The molecule has 0 bridgehead atoms. The molecule has 208 valence electrons. The van der Waals surface area contributed by atoms with Crippen molar-refractivity contribution in [2.45, 2.75) is 50.7 Å². The fourth-order valence-corrected chi connectivity index (χ4v) is 5.57. The van der Waals surface area contributed by atoms with E-state index in [0.29, 0.717) is 11.4 Å². The number of nitrogens with zero attached hydrogens (tertiary/aromatic N) is 2. The second-order valence-corrected chi connectivity index (χ2v) is 12.2. The van der Waals surface area contributed by atoms with Gasteiger partial charge in [-0.3, -0.25) is 13.9 Å². The fraction of sp³-hybridized carbons (Fsp3) is 0.286. The van der Waals surface area contributed by atoms with Gasteiger partial charge in [-0.1, -0.05) is 72.1 Å². The van der Waals surface area contributed by atoms with E-state index >= 15 is 0 Å². The van der Waals surface area contributed by atoms with Gasteiger partial charge < -0.3 is 10.2 Å². The van der Waals surface area contributed by atoms with Gasteiger partial charge in [-0.25, -0.2) is 8.42 Å². The van der Waals surface area contributed by atoms with Gasteiger partial charge >= 0.3 is 0 Å². The van der Waals surface area contributed by atoms with Crippen molar-refractivity contribution in [1.29, 1.82) is 0 Å². The zero-order valence-electron chi connectivity index (χ0n) is 21.8. The highest BCUT2D eigenvalue weighted by Crippen LogP contribution is 2.31. The Morgan fingerprint density at radius 1 is 0.897 bits per heavy atom. The van der Waals surface area contributed by atoms with Crippen LogP contribution in [-0.4, -0.2) is 43.8 Å². The summed E-state index contributed by atoms with van der Waals surface area (Å²) in [4.78, 5) is 28.3. The number of hydrogen-bond donors (Lipinski definition) is 1. The molecule has 0 spiro atoms. The molecule has 0 aliphatic rings. The van der Waals surface area contributed by atoms with Crippen molar-refractivity contribution in [3.05, 3.63) is 93.4 Å². The van der Waals surface area contributed by atoms with Gasteiger partial charge in [0.2, 0.25) is 11.8 Å². The number of anilines is 1. The van der Waals surface area contributed by atoms with Crippen molar-refractivity contribution >= 4 is 62.3 Å². The summed E-state index contributed by atoms with van der Waals surface area (Å²) in [7, 11) is -4.19. The van der Waals surface area contributed by atoms with Crippen molar-refractivity contribution in [1.82, 2.24) is 10.2 Å². The minimum atomic E-state index is -4.19.